The summed E-state index contributed by atoms with van der Waals surface area (Å²) in [5.41, 5.74) is 0.859. The number of carbonyl (C=O) groups is 1. The molecule has 0 spiro atoms. The number of urea groups is 1. The maximum absolute atomic E-state index is 12.9. The number of amides is 2. The second kappa shape index (κ2) is 8.27. The Labute approximate surface area is 163 Å². The fourth-order valence-electron chi connectivity index (χ4n) is 3.23. The van der Waals surface area contributed by atoms with Crippen LogP contribution in [-0.2, 0) is 10.0 Å². The topological polar surface area (TPSA) is 105 Å². The second-order valence-corrected chi connectivity index (χ2v) is 8.58. The Balaban J connectivity index is 1.49. The molecule has 3 rings (SSSR count). The van der Waals surface area contributed by atoms with E-state index in [1.54, 1.807) is 18.7 Å². The number of carbonyl (C=O) groups excluding carboxylic acids is 1. The lowest BCUT2D eigenvalue weighted by Gasteiger charge is -2.32. The normalized spacial score (nSPS) is 15.6. The molecule has 0 bridgehead atoms. The molecule has 1 aliphatic heterocycles. The van der Waals surface area contributed by atoms with Crippen LogP contribution in [0, 0.1) is 25.6 Å². The molecule has 28 heavy (non-hydrogen) atoms. The number of hydrogen-bond donors (Lipinski definition) is 2. The van der Waals surface area contributed by atoms with Crippen molar-refractivity contribution in [3.8, 4) is 0 Å². The standard InChI is InChI=1S/C18H23FN4O4S/c1-12-17(13(2)27-22-12)28(25,26)20-11-14-7-9-23(10-8-14)18(24)21-16-5-3-15(19)4-6-16/h3-6,14,20H,7-11H2,1-2H3,(H,21,24). The maximum atomic E-state index is 12.9. The highest BCUT2D eigenvalue weighted by Crippen LogP contribution is 2.21. The van der Waals surface area contributed by atoms with E-state index in [1.165, 1.54) is 24.3 Å². The molecular formula is C18H23FN4O4S. The summed E-state index contributed by atoms with van der Waals surface area (Å²) in [6.07, 6.45) is 1.36. The summed E-state index contributed by atoms with van der Waals surface area (Å²) in [7, 11) is -3.68. The molecule has 10 heteroatoms. The van der Waals surface area contributed by atoms with Gasteiger partial charge in [-0.2, -0.15) is 0 Å². The fourth-order valence-corrected chi connectivity index (χ4v) is 4.68. The van der Waals surface area contributed by atoms with Crippen LogP contribution in [0.3, 0.4) is 0 Å². The Morgan fingerprint density at radius 1 is 1.25 bits per heavy atom. The first-order valence-electron chi connectivity index (χ1n) is 9.00. The molecule has 1 fully saturated rings. The minimum Gasteiger partial charge on any atom is -0.360 e. The van der Waals surface area contributed by atoms with Crippen LogP contribution in [0.5, 0.6) is 0 Å². The number of benzene rings is 1. The average molecular weight is 410 g/mol. The number of anilines is 1. The number of halogens is 1. The van der Waals surface area contributed by atoms with Crippen LogP contribution in [0.4, 0.5) is 14.9 Å². The van der Waals surface area contributed by atoms with Gasteiger partial charge in [0.15, 0.2) is 5.76 Å². The van der Waals surface area contributed by atoms with Gasteiger partial charge < -0.3 is 14.7 Å². The molecule has 2 aromatic rings. The lowest BCUT2D eigenvalue weighted by atomic mass is 9.97. The third kappa shape index (κ3) is 4.68. The van der Waals surface area contributed by atoms with Crippen molar-refractivity contribution in [1.82, 2.24) is 14.8 Å². The molecule has 152 valence electrons. The Morgan fingerprint density at radius 2 is 1.89 bits per heavy atom. The first-order valence-corrected chi connectivity index (χ1v) is 10.5. The first-order chi connectivity index (χ1) is 13.3. The van der Waals surface area contributed by atoms with Gasteiger partial charge in [-0.15, -0.1) is 0 Å². The summed E-state index contributed by atoms with van der Waals surface area (Å²) in [6.45, 7) is 4.48. The lowest BCUT2D eigenvalue weighted by Crippen LogP contribution is -2.43. The summed E-state index contributed by atoms with van der Waals surface area (Å²) in [5, 5.41) is 6.41. The van der Waals surface area contributed by atoms with Crippen LogP contribution < -0.4 is 10.0 Å². The van der Waals surface area contributed by atoms with E-state index < -0.39 is 10.0 Å². The van der Waals surface area contributed by atoms with Crippen molar-refractivity contribution in [3.05, 3.63) is 41.5 Å². The van der Waals surface area contributed by atoms with E-state index in [4.69, 9.17) is 4.52 Å². The molecule has 1 aromatic heterocycles. The van der Waals surface area contributed by atoms with Crippen molar-refractivity contribution >= 4 is 21.7 Å². The number of sulfonamides is 1. The quantitative estimate of drug-likeness (QED) is 0.789. The maximum Gasteiger partial charge on any atom is 0.321 e. The van der Waals surface area contributed by atoms with Crippen molar-refractivity contribution in [2.45, 2.75) is 31.6 Å². The molecule has 0 atom stereocenters. The van der Waals surface area contributed by atoms with Crippen molar-refractivity contribution in [2.24, 2.45) is 5.92 Å². The molecule has 0 aliphatic carbocycles. The highest BCUT2D eigenvalue weighted by molar-refractivity contribution is 7.89. The minimum absolute atomic E-state index is 0.0867. The molecule has 1 aromatic carbocycles. The van der Waals surface area contributed by atoms with Crippen LogP contribution in [0.25, 0.3) is 0 Å². The van der Waals surface area contributed by atoms with E-state index >= 15 is 0 Å². The van der Waals surface area contributed by atoms with Crippen molar-refractivity contribution in [3.63, 3.8) is 0 Å². The van der Waals surface area contributed by atoms with Gasteiger partial charge in [0.2, 0.25) is 10.0 Å². The van der Waals surface area contributed by atoms with Crippen molar-refractivity contribution < 1.29 is 22.1 Å². The molecule has 2 amide bonds. The zero-order valence-electron chi connectivity index (χ0n) is 15.7. The molecular weight excluding hydrogens is 387 g/mol. The molecule has 0 saturated carbocycles. The molecule has 8 nitrogen and oxygen atoms in total. The number of hydrogen-bond acceptors (Lipinski definition) is 5. The summed E-state index contributed by atoms with van der Waals surface area (Å²) < 4.78 is 45.4. The van der Waals surface area contributed by atoms with Crippen LogP contribution in [0.2, 0.25) is 0 Å². The van der Waals surface area contributed by atoms with Gasteiger partial charge in [0.05, 0.1) is 0 Å². The molecule has 0 unspecified atom stereocenters. The van der Waals surface area contributed by atoms with Gasteiger partial charge in [0.1, 0.15) is 16.4 Å². The van der Waals surface area contributed by atoms with Gasteiger partial charge in [-0.3, -0.25) is 0 Å². The molecule has 0 radical (unpaired) electrons. The van der Waals surface area contributed by atoms with Gasteiger partial charge in [-0.25, -0.2) is 22.3 Å². The predicted molar refractivity (Wildman–Crippen MR) is 101 cm³/mol. The fraction of sp³-hybridized carbons (Fsp3) is 0.444. The molecule has 1 saturated heterocycles. The van der Waals surface area contributed by atoms with Crippen molar-refractivity contribution in [1.29, 1.82) is 0 Å². The summed E-state index contributed by atoms with van der Waals surface area (Å²) in [5.74, 6) is 0.0280. The van der Waals surface area contributed by atoms with Gasteiger partial charge >= 0.3 is 6.03 Å². The SMILES string of the molecule is Cc1noc(C)c1S(=O)(=O)NCC1CCN(C(=O)Nc2ccc(F)cc2)CC1. The zero-order chi connectivity index (χ0) is 20.3. The van der Waals surface area contributed by atoms with E-state index in [0.29, 0.717) is 43.9 Å². The van der Waals surface area contributed by atoms with Gasteiger partial charge in [0, 0.05) is 25.3 Å². The minimum atomic E-state index is -3.68. The van der Waals surface area contributed by atoms with Crippen LogP contribution >= 0.6 is 0 Å². The zero-order valence-corrected chi connectivity index (χ0v) is 16.6. The monoisotopic (exact) mass is 410 g/mol. The molecule has 2 N–H and O–H groups in total. The number of nitrogens with zero attached hydrogens (tertiary/aromatic N) is 2. The van der Waals surface area contributed by atoms with Crippen LogP contribution in [0.1, 0.15) is 24.3 Å². The Morgan fingerprint density at radius 3 is 2.46 bits per heavy atom. The van der Waals surface area contributed by atoms with E-state index in [0.717, 1.165) is 0 Å². The highest BCUT2D eigenvalue weighted by Gasteiger charge is 2.27. The second-order valence-electron chi connectivity index (χ2n) is 6.87. The Bertz CT molecular complexity index is 915. The van der Waals surface area contributed by atoms with Gasteiger partial charge in [-0.05, 0) is 56.9 Å². The number of piperidine rings is 1. The number of likely N-dealkylation sites (tertiary alicyclic amines) is 1. The molecule has 1 aliphatic rings. The first kappa shape index (κ1) is 20.3. The van der Waals surface area contributed by atoms with E-state index in [2.05, 4.69) is 15.2 Å². The summed E-state index contributed by atoms with van der Waals surface area (Å²) in [4.78, 5) is 14.1. The predicted octanol–water partition coefficient (Wildman–Crippen LogP) is 2.65. The number of nitrogens with one attached hydrogen (secondary N) is 2. The number of rotatable bonds is 5. The smallest absolute Gasteiger partial charge is 0.321 e. The summed E-state index contributed by atoms with van der Waals surface area (Å²) >= 11 is 0. The lowest BCUT2D eigenvalue weighted by molar-refractivity contribution is 0.183. The van der Waals surface area contributed by atoms with Gasteiger partial charge in [0.25, 0.3) is 0 Å². The van der Waals surface area contributed by atoms with Crippen molar-refractivity contribution in [2.75, 3.05) is 25.0 Å². The third-order valence-electron chi connectivity index (χ3n) is 4.80. The van der Waals surface area contributed by atoms with Gasteiger partial charge in [-0.1, -0.05) is 5.16 Å². The Hall–Kier alpha value is -2.46. The Kier molecular flexibility index (Phi) is 5.99. The number of aryl methyl sites for hydroxylation is 2. The van der Waals surface area contributed by atoms with E-state index in [-0.39, 0.29) is 28.4 Å². The third-order valence-corrected chi connectivity index (χ3v) is 6.46. The number of aromatic nitrogens is 1. The largest absolute Gasteiger partial charge is 0.360 e. The highest BCUT2D eigenvalue weighted by atomic mass is 32.2. The average Bonchev–Trinajstić information content (AvgIpc) is 3.01. The van der Waals surface area contributed by atoms with E-state index in [1.807, 2.05) is 0 Å². The van der Waals surface area contributed by atoms with Crippen LogP contribution in [0.15, 0.2) is 33.7 Å². The molecule has 2 heterocycles. The summed E-state index contributed by atoms with van der Waals surface area (Å²) in [6, 6.07) is 5.33. The van der Waals surface area contributed by atoms with Crippen LogP contribution in [-0.4, -0.2) is 44.1 Å². The van der Waals surface area contributed by atoms with E-state index in [9.17, 15) is 17.6 Å².